The highest BCUT2D eigenvalue weighted by molar-refractivity contribution is 7.17. The second kappa shape index (κ2) is 3.87. The fraction of sp³-hybridized carbons (Fsp3) is 0.214. The molecule has 1 aliphatic rings. The molecule has 0 saturated heterocycles. The molecule has 0 spiro atoms. The molecule has 2 aromatic rings. The van der Waals surface area contributed by atoms with E-state index in [1.54, 1.807) is 11.3 Å². The fourth-order valence-corrected chi connectivity index (χ4v) is 2.91. The van der Waals surface area contributed by atoms with Crippen LogP contribution in [-0.4, -0.2) is 5.78 Å². The normalized spacial score (nSPS) is 16.5. The van der Waals surface area contributed by atoms with Gasteiger partial charge in [0.05, 0.1) is 0 Å². The highest BCUT2D eigenvalue weighted by atomic mass is 32.1. The lowest BCUT2D eigenvalue weighted by Gasteiger charge is -2.12. The largest absolute Gasteiger partial charge is 0.299 e. The third kappa shape index (κ3) is 1.69. The Balaban J connectivity index is 2.02. The van der Waals surface area contributed by atoms with Crippen LogP contribution in [0.1, 0.15) is 24.8 Å². The van der Waals surface area contributed by atoms with Crippen LogP contribution in [0.15, 0.2) is 35.7 Å². The van der Waals surface area contributed by atoms with Crippen LogP contribution >= 0.6 is 11.3 Å². The Labute approximate surface area is 98.4 Å². The minimum absolute atomic E-state index is 0.361. The van der Waals surface area contributed by atoms with E-state index < -0.39 is 0 Å². The predicted octanol–water partition coefficient (Wildman–Crippen LogP) is 4.04. The molecule has 0 N–H and O–H groups in total. The van der Waals surface area contributed by atoms with E-state index in [1.807, 2.05) is 0 Å². The first kappa shape index (κ1) is 9.79. The van der Waals surface area contributed by atoms with Gasteiger partial charge < -0.3 is 0 Å². The standard InChI is InChI=1S/C14H12OS/c15-13-4-1-10(2-5-13)11-3-6-14-12(9-11)7-8-16-14/h1,3,6-9H,2,4-5H2. The lowest BCUT2D eigenvalue weighted by atomic mass is 9.92. The number of hydrogen-bond donors (Lipinski definition) is 0. The molecule has 0 unspecified atom stereocenters. The quantitative estimate of drug-likeness (QED) is 0.720. The fourth-order valence-electron chi connectivity index (χ4n) is 2.14. The number of thiophene rings is 1. The van der Waals surface area contributed by atoms with Gasteiger partial charge in [0.25, 0.3) is 0 Å². The van der Waals surface area contributed by atoms with Crippen molar-refractivity contribution in [1.82, 2.24) is 0 Å². The number of hydrogen-bond acceptors (Lipinski definition) is 2. The van der Waals surface area contributed by atoms with Crippen LogP contribution in [-0.2, 0) is 4.79 Å². The average molecular weight is 228 g/mol. The van der Waals surface area contributed by atoms with E-state index >= 15 is 0 Å². The second-order valence-electron chi connectivity index (χ2n) is 4.15. The van der Waals surface area contributed by atoms with E-state index in [2.05, 4.69) is 35.7 Å². The maximum Gasteiger partial charge on any atom is 0.137 e. The summed E-state index contributed by atoms with van der Waals surface area (Å²) in [7, 11) is 0. The monoisotopic (exact) mass is 228 g/mol. The van der Waals surface area contributed by atoms with Crippen LogP contribution in [0.2, 0.25) is 0 Å². The van der Waals surface area contributed by atoms with E-state index in [1.165, 1.54) is 21.2 Å². The van der Waals surface area contributed by atoms with E-state index in [4.69, 9.17) is 0 Å². The summed E-state index contributed by atoms with van der Waals surface area (Å²) in [6.07, 6.45) is 4.29. The van der Waals surface area contributed by atoms with Crippen molar-refractivity contribution in [2.75, 3.05) is 0 Å². The van der Waals surface area contributed by atoms with Crippen molar-refractivity contribution in [2.24, 2.45) is 0 Å². The summed E-state index contributed by atoms with van der Waals surface area (Å²) >= 11 is 1.77. The number of carbonyl (C=O) groups excluding carboxylic acids is 1. The average Bonchev–Trinajstić information content (AvgIpc) is 2.77. The van der Waals surface area contributed by atoms with Gasteiger partial charge in [-0.2, -0.15) is 0 Å². The maximum atomic E-state index is 11.2. The molecule has 16 heavy (non-hydrogen) atoms. The van der Waals surface area contributed by atoms with Crippen LogP contribution in [0.3, 0.4) is 0 Å². The van der Waals surface area contributed by atoms with Gasteiger partial charge in [-0.1, -0.05) is 12.1 Å². The summed E-state index contributed by atoms with van der Waals surface area (Å²) in [5.74, 6) is 0.361. The zero-order valence-corrected chi connectivity index (χ0v) is 9.72. The number of ketones is 1. The smallest absolute Gasteiger partial charge is 0.137 e. The molecule has 0 aliphatic heterocycles. The second-order valence-corrected chi connectivity index (χ2v) is 5.09. The maximum absolute atomic E-state index is 11.2. The van der Waals surface area contributed by atoms with Crippen LogP contribution in [0, 0.1) is 0 Å². The summed E-state index contributed by atoms with van der Waals surface area (Å²) in [5, 5.41) is 3.42. The molecular weight excluding hydrogens is 216 g/mol. The van der Waals surface area contributed by atoms with Gasteiger partial charge in [0.2, 0.25) is 0 Å². The molecule has 3 rings (SSSR count). The van der Waals surface area contributed by atoms with Crippen LogP contribution in [0.5, 0.6) is 0 Å². The summed E-state index contributed by atoms with van der Waals surface area (Å²) in [4.78, 5) is 11.2. The molecule has 1 aliphatic carbocycles. The third-order valence-electron chi connectivity index (χ3n) is 3.07. The van der Waals surface area contributed by atoms with Crippen molar-refractivity contribution in [3.05, 3.63) is 41.3 Å². The number of benzene rings is 1. The Morgan fingerprint density at radius 2 is 2.06 bits per heavy atom. The van der Waals surface area contributed by atoms with Crippen molar-refractivity contribution in [2.45, 2.75) is 19.3 Å². The molecule has 1 nitrogen and oxygen atoms in total. The van der Waals surface area contributed by atoms with E-state index in [0.29, 0.717) is 18.6 Å². The van der Waals surface area contributed by atoms with Crippen LogP contribution in [0.25, 0.3) is 15.7 Å². The summed E-state index contributed by atoms with van der Waals surface area (Å²) in [6, 6.07) is 8.72. The van der Waals surface area contributed by atoms with Gasteiger partial charge in [-0.05, 0) is 46.5 Å². The summed E-state index contributed by atoms with van der Waals surface area (Å²) < 4.78 is 1.33. The van der Waals surface area contributed by atoms with Crippen molar-refractivity contribution >= 4 is 32.8 Å². The lowest BCUT2D eigenvalue weighted by Crippen LogP contribution is -2.02. The highest BCUT2D eigenvalue weighted by Crippen LogP contribution is 2.29. The van der Waals surface area contributed by atoms with Gasteiger partial charge in [-0.25, -0.2) is 0 Å². The van der Waals surface area contributed by atoms with Crippen molar-refractivity contribution in [1.29, 1.82) is 0 Å². The first-order valence-corrected chi connectivity index (χ1v) is 6.39. The molecule has 0 amide bonds. The predicted molar refractivity (Wildman–Crippen MR) is 68.7 cm³/mol. The summed E-state index contributed by atoms with van der Waals surface area (Å²) in [6.45, 7) is 0. The van der Waals surface area contributed by atoms with Gasteiger partial charge in [0.1, 0.15) is 5.78 Å². The molecule has 1 aromatic carbocycles. The topological polar surface area (TPSA) is 17.1 Å². The molecule has 1 aromatic heterocycles. The number of fused-ring (bicyclic) bond motifs is 1. The molecule has 0 bridgehead atoms. The molecule has 0 radical (unpaired) electrons. The van der Waals surface area contributed by atoms with Crippen molar-refractivity contribution in [3.63, 3.8) is 0 Å². The Hall–Kier alpha value is -1.41. The summed E-state index contributed by atoms with van der Waals surface area (Å²) in [5.41, 5.74) is 2.60. The molecule has 0 saturated carbocycles. The Morgan fingerprint density at radius 3 is 2.88 bits per heavy atom. The molecule has 80 valence electrons. The molecule has 2 heteroatoms. The van der Waals surface area contributed by atoms with Gasteiger partial charge in [0.15, 0.2) is 0 Å². The molecule has 0 fully saturated rings. The van der Waals surface area contributed by atoms with Gasteiger partial charge in [0, 0.05) is 17.5 Å². The lowest BCUT2D eigenvalue weighted by molar-refractivity contribution is -0.118. The highest BCUT2D eigenvalue weighted by Gasteiger charge is 2.11. The van der Waals surface area contributed by atoms with Crippen molar-refractivity contribution in [3.8, 4) is 0 Å². The zero-order chi connectivity index (χ0) is 11.0. The van der Waals surface area contributed by atoms with E-state index in [0.717, 1.165) is 6.42 Å². The molecule has 1 heterocycles. The minimum atomic E-state index is 0.361. The van der Waals surface area contributed by atoms with E-state index in [9.17, 15) is 4.79 Å². The van der Waals surface area contributed by atoms with E-state index in [-0.39, 0.29) is 0 Å². The zero-order valence-electron chi connectivity index (χ0n) is 8.90. The minimum Gasteiger partial charge on any atom is -0.299 e. The first-order chi connectivity index (χ1) is 7.83. The van der Waals surface area contributed by atoms with Crippen LogP contribution < -0.4 is 0 Å². The number of allylic oxidation sites excluding steroid dienone is 2. The first-order valence-electron chi connectivity index (χ1n) is 5.51. The SMILES string of the molecule is O=C1CC=C(c2ccc3sccc3c2)CC1. The van der Waals surface area contributed by atoms with Crippen molar-refractivity contribution < 1.29 is 4.79 Å². The Bertz CT molecular complexity index is 577. The number of Topliss-reactive ketones (excluding diaryl/α,β-unsaturated/α-hetero) is 1. The third-order valence-corrected chi connectivity index (χ3v) is 3.97. The van der Waals surface area contributed by atoms with Gasteiger partial charge >= 0.3 is 0 Å². The van der Waals surface area contributed by atoms with Crippen LogP contribution in [0.4, 0.5) is 0 Å². The Kier molecular flexibility index (Phi) is 2.37. The molecule has 0 atom stereocenters. The Morgan fingerprint density at radius 1 is 1.12 bits per heavy atom. The number of rotatable bonds is 1. The molecular formula is C14H12OS. The van der Waals surface area contributed by atoms with Gasteiger partial charge in [-0.15, -0.1) is 11.3 Å². The number of carbonyl (C=O) groups is 1. The van der Waals surface area contributed by atoms with Gasteiger partial charge in [-0.3, -0.25) is 4.79 Å².